The first kappa shape index (κ1) is 17.9. The second-order valence-electron chi connectivity index (χ2n) is 5.93. The Morgan fingerprint density at radius 2 is 2.21 bits per heavy atom. The van der Waals surface area contributed by atoms with Crippen LogP contribution in [-0.4, -0.2) is 10.9 Å². The van der Waals surface area contributed by atoms with E-state index in [2.05, 4.69) is 24.1 Å². The van der Waals surface area contributed by atoms with Gasteiger partial charge in [0.25, 0.3) is 0 Å². The molecule has 24 heavy (non-hydrogen) atoms. The number of benzene rings is 1. The molecule has 0 saturated carbocycles. The van der Waals surface area contributed by atoms with Crippen LogP contribution in [0.3, 0.4) is 0 Å². The first-order chi connectivity index (χ1) is 11.6. The fourth-order valence-corrected chi connectivity index (χ4v) is 2.46. The molecule has 1 atom stereocenters. The summed E-state index contributed by atoms with van der Waals surface area (Å²) in [6.45, 7) is 4.47. The summed E-state index contributed by atoms with van der Waals surface area (Å²) in [7, 11) is 0. The van der Waals surface area contributed by atoms with Crippen LogP contribution < -0.4 is 10.1 Å². The molecular formula is C19H23FN2O2. The van der Waals surface area contributed by atoms with Gasteiger partial charge in [-0.2, -0.15) is 0 Å². The summed E-state index contributed by atoms with van der Waals surface area (Å²) in [6.07, 6.45) is 5.74. The number of carbonyl (C=O) groups is 1. The lowest BCUT2D eigenvalue weighted by molar-refractivity contribution is -0.122. The topological polar surface area (TPSA) is 51.2 Å². The maximum absolute atomic E-state index is 14.1. The van der Waals surface area contributed by atoms with Crippen molar-refractivity contribution in [3.8, 4) is 11.5 Å². The Balaban J connectivity index is 1.89. The van der Waals surface area contributed by atoms with Crippen molar-refractivity contribution in [3.05, 3.63) is 54.1 Å². The summed E-state index contributed by atoms with van der Waals surface area (Å²) in [5.74, 6) is 0.496. The van der Waals surface area contributed by atoms with E-state index in [1.165, 1.54) is 12.3 Å². The van der Waals surface area contributed by atoms with Gasteiger partial charge in [-0.1, -0.05) is 32.8 Å². The minimum absolute atomic E-state index is 0.00737. The fourth-order valence-electron chi connectivity index (χ4n) is 2.46. The molecular weight excluding hydrogens is 307 g/mol. The number of nitrogens with one attached hydrogen (secondary N) is 1. The van der Waals surface area contributed by atoms with Gasteiger partial charge in [0, 0.05) is 19.2 Å². The predicted octanol–water partition coefficient (Wildman–Crippen LogP) is 4.46. The zero-order valence-corrected chi connectivity index (χ0v) is 14.1. The van der Waals surface area contributed by atoms with Crippen LogP contribution in [0.5, 0.6) is 11.5 Å². The van der Waals surface area contributed by atoms with Crippen LogP contribution in [0.15, 0.2) is 42.7 Å². The van der Waals surface area contributed by atoms with Gasteiger partial charge in [0.15, 0.2) is 11.6 Å². The highest BCUT2D eigenvalue weighted by molar-refractivity contribution is 5.76. The average Bonchev–Trinajstić information content (AvgIpc) is 2.56. The Morgan fingerprint density at radius 3 is 2.88 bits per heavy atom. The second kappa shape index (κ2) is 9.01. The van der Waals surface area contributed by atoms with Crippen molar-refractivity contribution in [1.29, 1.82) is 0 Å². The quantitative estimate of drug-likeness (QED) is 0.777. The van der Waals surface area contributed by atoms with Gasteiger partial charge in [-0.3, -0.25) is 9.78 Å². The number of rotatable bonds is 8. The molecule has 1 unspecified atom stereocenters. The lowest BCUT2D eigenvalue weighted by atomic mass is 10.0. The molecule has 1 aromatic carbocycles. The van der Waals surface area contributed by atoms with E-state index in [1.54, 1.807) is 30.5 Å². The van der Waals surface area contributed by atoms with Gasteiger partial charge in [-0.25, -0.2) is 4.39 Å². The molecule has 0 aliphatic rings. The lowest BCUT2D eigenvalue weighted by Crippen LogP contribution is -2.24. The largest absolute Gasteiger partial charge is 0.453 e. The van der Waals surface area contributed by atoms with E-state index >= 15 is 0 Å². The molecule has 5 heteroatoms. The molecule has 0 spiro atoms. The molecule has 0 fully saturated rings. The van der Waals surface area contributed by atoms with Crippen LogP contribution in [0.1, 0.15) is 38.7 Å². The van der Waals surface area contributed by atoms with Gasteiger partial charge >= 0.3 is 0 Å². The van der Waals surface area contributed by atoms with E-state index in [0.717, 1.165) is 12.8 Å². The number of nitrogens with zero attached hydrogens (tertiary/aromatic N) is 1. The van der Waals surface area contributed by atoms with Gasteiger partial charge < -0.3 is 10.1 Å². The number of aromatic nitrogens is 1. The number of halogens is 1. The smallest absolute Gasteiger partial charge is 0.220 e. The van der Waals surface area contributed by atoms with Crippen molar-refractivity contribution < 1.29 is 13.9 Å². The number of carbonyl (C=O) groups excluding carboxylic acids is 1. The number of amides is 1. The molecule has 128 valence electrons. The fraction of sp³-hybridized carbons (Fsp3) is 0.368. The van der Waals surface area contributed by atoms with Crippen LogP contribution in [-0.2, 0) is 11.3 Å². The number of ether oxygens (including phenoxy) is 1. The third kappa shape index (κ3) is 5.65. The molecule has 1 amide bonds. The van der Waals surface area contributed by atoms with Crippen molar-refractivity contribution in [1.82, 2.24) is 10.3 Å². The SMILES string of the molecule is CCCC(C)CC(=O)NCc1ccc(Oc2cccnc2)c(F)c1. The summed E-state index contributed by atoms with van der Waals surface area (Å²) in [4.78, 5) is 15.8. The van der Waals surface area contributed by atoms with Crippen LogP contribution in [0.25, 0.3) is 0 Å². The zero-order valence-electron chi connectivity index (χ0n) is 14.1. The van der Waals surface area contributed by atoms with Gasteiger partial charge in [-0.05, 0) is 35.7 Å². The zero-order chi connectivity index (χ0) is 17.4. The Morgan fingerprint density at radius 1 is 1.38 bits per heavy atom. The molecule has 0 aliphatic carbocycles. The Hall–Kier alpha value is -2.43. The van der Waals surface area contributed by atoms with Crippen molar-refractivity contribution in [3.63, 3.8) is 0 Å². The normalized spacial score (nSPS) is 11.8. The van der Waals surface area contributed by atoms with E-state index < -0.39 is 5.82 Å². The molecule has 0 saturated heterocycles. The summed E-state index contributed by atoms with van der Waals surface area (Å²) in [5, 5.41) is 2.83. The lowest BCUT2D eigenvalue weighted by Gasteiger charge is -2.11. The monoisotopic (exact) mass is 330 g/mol. The van der Waals surface area contributed by atoms with Crippen LogP contribution >= 0.6 is 0 Å². The summed E-state index contributed by atoms with van der Waals surface area (Å²) < 4.78 is 19.6. The highest BCUT2D eigenvalue weighted by atomic mass is 19.1. The first-order valence-corrected chi connectivity index (χ1v) is 8.21. The molecule has 4 nitrogen and oxygen atoms in total. The van der Waals surface area contributed by atoms with Crippen molar-refractivity contribution >= 4 is 5.91 Å². The Bertz CT molecular complexity index is 662. The predicted molar refractivity (Wildman–Crippen MR) is 91.2 cm³/mol. The summed E-state index contributed by atoms with van der Waals surface area (Å²) in [5.41, 5.74) is 0.697. The van der Waals surface area contributed by atoms with Gasteiger partial charge in [0.1, 0.15) is 5.75 Å². The molecule has 1 heterocycles. The molecule has 0 radical (unpaired) electrons. The third-order valence-corrected chi connectivity index (χ3v) is 3.66. The Kier molecular flexibility index (Phi) is 6.73. The Labute approximate surface area is 142 Å². The molecule has 1 aromatic heterocycles. The molecule has 0 bridgehead atoms. The molecule has 2 rings (SSSR count). The average molecular weight is 330 g/mol. The van der Waals surface area contributed by atoms with Crippen molar-refractivity contribution in [2.24, 2.45) is 5.92 Å². The standard InChI is InChI=1S/C19H23FN2O2/c1-3-5-14(2)10-19(23)22-12-15-7-8-18(17(20)11-15)24-16-6-4-9-21-13-16/h4,6-9,11,13-14H,3,5,10,12H2,1-2H3,(H,22,23). The van der Waals surface area contributed by atoms with Gasteiger partial charge in [0.2, 0.25) is 5.91 Å². The summed E-state index contributed by atoms with van der Waals surface area (Å²) in [6, 6.07) is 8.10. The van der Waals surface area contributed by atoms with E-state index in [0.29, 0.717) is 30.2 Å². The van der Waals surface area contributed by atoms with Crippen LogP contribution in [0, 0.1) is 11.7 Å². The van der Waals surface area contributed by atoms with Gasteiger partial charge in [0.05, 0.1) is 6.20 Å². The van der Waals surface area contributed by atoms with E-state index in [4.69, 9.17) is 4.74 Å². The highest BCUT2D eigenvalue weighted by Gasteiger charge is 2.10. The highest BCUT2D eigenvalue weighted by Crippen LogP contribution is 2.24. The number of pyridine rings is 1. The second-order valence-corrected chi connectivity index (χ2v) is 5.93. The molecule has 0 aliphatic heterocycles. The first-order valence-electron chi connectivity index (χ1n) is 8.21. The molecule has 2 aromatic rings. The molecule has 1 N–H and O–H groups in total. The van der Waals surface area contributed by atoms with Crippen LogP contribution in [0.2, 0.25) is 0 Å². The van der Waals surface area contributed by atoms with E-state index in [-0.39, 0.29) is 11.7 Å². The minimum atomic E-state index is -0.468. The maximum Gasteiger partial charge on any atom is 0.220 e. The van der Waals surface area contributed by atoms with Crippen molar-refractivity contribution in [2.75, 3.05) is 0 Å². The number of hydrogen-bond acceptors (Lipinski definition) is 3. The van der Waals surface area contributed by atoms with E-state index in [1.807, 2.05) is 0 Å². The van der Waals surface area contributed by atoms with Crippen LogP contribution in [0.4, 0.5) is 4.39 Å². The summed E-state index contributed by atoms with van der Waals surface area (Å²) >= 11 is 0. The maximum atomic E-state index is 14.1. The number of hydrogen-bond donors (Lipinski definition) is 1. The van der Waals surface area contributed by atoms with Crippen molar-refractivity contribution in [2.45, 2.75) is 39.7 Å². The van der Waals surface area contributed by atoms with E-state index in [9.17, 15) is 9.18 Å². The van der Waals surface area contributed by atoms with Gasteiger partial charge in [-0.15, -0.1) is 0 Å². The minimum Gasteiger partial charge on any atom is -0.453 e. The third-order valence-electron chi connectivity index (χ3n) is 3.66.